The highest BCUT2D eigenvalue weighted by atomic mass is 16.6. The summed E-state index contributed by atoms with van der Waals surface area (Å²) in [7, 11) is 0. The second-order valence-electron chi connectivity index (χ2n) is 5.94. The van der Waals surface area contributed by atoms with Crippen molar-refractivity contribution >= 4 is 34.2 Å². The van der Waals surface area contributed by atoms with Gasteiger partial charge >= 0.3 is 0 Å². The molecule has 3 aromatic rings. The van der Waals surface area contributed by atoms with Crippen LogP contribution in [0.5, 0.6) is 0 Å². The SMILES string of the molecule is O=C(CNC(=O)c1cccc([N+](=O)[O-])c1)NNC(=O)c1n[nH]c(=O)c2ccccc12. The molecule has 0 aliphatic carbocycles. The van der Waals surface area contributed by atoms with Crippen LogP contribution in [0.1, 0.15) is 20.8 Å². The molecule has 0 saturated heterocycles. The van der Waals surface area contributed by atoms with E-state index in [0.29, 0.717) is 5.39 Å². The number of non-ortho nitro benzene ring substituents is 1. The van der Waals surface area contributed by atoms with Gasteiger partial charge < -0.3 is 5.32 Å². The Morgan fingerprint density at radius 1 is 1.00 bits per heavy atom. The van der Waals surface area contributed by atoms with Crippen molar-refractivity contribution in [1.29, 1.82) is 0 Å². The molecule has 0 spiro atoms. The van der Waals surface area contributed by atoms with E-state index in [2.05, 4.69) is 26.4 Å². The van der Waals surface area contributed by atoms with Crippen LogP contribution in [0.3, 0.4) is 0 Å². The van der Waals surface area contributed by atoms with Gasteiger partial charge in [0.05, 0.1) is 16.9 Å². The fraction of sp³-hybridized carbons (Fsp3) is 0.0556. The topological polar surface area (TPSA) is 176 Å². The summed E-state index contributed by atoms with van der Waals surface area (Å²) in [5.74, 6) is -2.23. The number of carbonyl (C=O) groups is 3. The molecular formula is C18H14N6O6. The first-order chi connectivity index (χ1) is 14.4. The molecule has 2 aromatic carbocycles. The van der Waals surface area contributed by atoms with Crippen molar-refractivity contribution in [3.63, 3.8) is 0 Å². The molecule has 152 valence electrons. The molecule has 12 heteroatoms. The van der Waals surface area contributed by atoms with Crippen molar-refractivity contribution in [3.05, 3.63) is 80.3 Å². The number of hydrogen-bond donors (Lipinski definition) is 4. The molecule has 1 heterocycles. The van der Waals surface area contributed by atoms with Gasteiger partial charge in [0.25, 0.3) is 29.0 Å². The van der Waals surface area contributed by atoms with Gasteiger partial charge in [0, 0.05) is 23.1 Å². The summed E-state index contributed by atoms with van der Waals surface area (Å²) in [4.78, 5) is 58.0. The number of nitrogens with zero attached hydrogens (tertiary/aromatic N) is 2. The molecule has 0 fully saturated rings. The Hall–Kier alpha value is -4.61. The molecule has 12 nitrogen and oxygen atoms in total. The number of amides is 3. The fourth-order valence-corrected chi connectivity index (χ4v) is 2.54. The third-order valence-corrected chi connectivity index (χ3v) is 3.96. The van der Waals surface area contributed by atoms with Gasteiger partial charge in [0.15, 0.2) is 5.69 Å². The lowest BCUT2D eigenvalue weighted by Crippen LogP contribution is -2.46. The Morgan fingerprint density at radius 3 is 2.47 bits per heavy atom. The van der Waals surface area contributed by atoms with E-state index in [4.69, 9.17) is 0 Å². The third-order valence-electron chi connectivity index (χ3n) is 3.96. The average Bonchev–Trinajstić information content (AvgIpc) is 2.76. The maximum absolute atomic E-state index is 12.3. The first-order valence-corrected chi connectivity index (χ1v) is 8.46. The summed E-state index contributed by atoms with van der Waals surface area (Å²) in [5.41, 5.74) is 3.41. The number of H-pyrrole nitrogens is 1. The second kappa shape index (κ2) is 8.60. The zero-order chi connectivity index (χ0) is 21.7. The third kappa shape index (κ3) is 4.44. The molecule has 30 heavy (non-hydrogen) atoms. The van der Waals surface area contributed by atoms with E-state index in [1.807, 2.05) is 0 Å². The Kier molecular flexibility index (Phi) is 5.77. The second-order valence-corrected chi connectivity index (χ2v) is 5.94. The first kappa shape index (κ1) is 20.1. The highest BCUT2D eigenvalue weighted by Gasteiger charge is 2.16. The summed E-state index contributed by atoms with van der Waals surface area (Å²) in [6.07, 6.45) is 0. The van der Waals surface area contributed by atoms with Crippen molar-refractivity contribution in [2.75, 3.05) is 6.54 Å². The van der Waals surface area contributed by atoms with E-state index in [1.165, 1.54) is 30.3 Å². The molecule has 0 radical (unpaired) electrons. The maximum Gasteiger partial charge on any atom is 0.290 e. The van der Waals surface area contributed by atoms with Crippen LogP contribution >= 0.6 is 0 Å². The number of fused-ring (bicyclic) bond motifs is 1. The van der Waals surface area contributed by atoms with E-state index in [-0.39, 0.29) is 22.3 Å². The average molecular weight is 410 g/mol. The highest BCUT2D eigenvalue weighted by Crippen LogP contribution is 2.13. The predicted molar refractivity (Wildman–Crippen MR) is 103 cm³/mol. The highest BCUT2D eigenvalue weighted by molar-refractivity contribution is 6.05. The summed E-state index contributed by atoms with van der Waals surface area (Å²) in [6.45, 7) is -0.498. The van der Waals surface area contributed by atoms with E-state index in [9.17, 15) is 29.3 Å². The number of nitro groups is 1. The summed E-state index contributed by atoms with van der Waals surface area (Å²) < 4.78 is 0. The largest absolute Gasteiger partial charge is 0.343 e. The minimum absolute atomic E-state index is 0.00458. The lowest BCUT2D eigenvalue weighted by molar-refractivity contribution is -0.384. The van der Waals surface area contributed by atoms with Gasteiger partial charge in [-0.05, 0) is 12.1 Å². The van der Waals surface area contributed by atoms with E-state index in [0.717, 1.165) is 6.07 Å². The van der Waals surface area contributed by atoms with Crippen molar-refractivity contribution in [1.82, 2.24) is 26.4 Å². The van der Waals surface area contributed by atoms with E-state index in [1.54, 1.807) is 12.1 Å². The number of nitro benzene ring substituents is 1. The summed E-state index contributed by atoms with van der Waals surface area (Å²) in [6, 6.07) is 11.3. The maximum atomic E-state index is 12.3. The van der Waals surface area contributed by atoms with Crippen molar-refractivity contribution in [3.8, 4) is 0 Å². The minimum atomic E-state index is -0.777. The van der Waals surface area contributed by atoms with Crippen LogP contribution in [0.2, 0.25) is 0 Å². The quantitative estimate of drug-likeness (QED) is 0.338. The number of aromatic amines is 1. The molecular weight excluding hydrogens is 396 g/mol. The molecule has 3 amide bonds. The van der Waals surface area contributed by atoms with Crippen LogP contribution in [-0.2, 0) is 4.79 Å². The van der Waals surface area contributed by atoms with Gasteiger partial charge in [0.1, 0.15) is 0 Å². The number of nitrogens with one attached hydrogen (secondary N) is 4. The van der Waals surface area contributed by atoms with Crippen molar-refractivity contribution in [2.24, 2.45) is 0 Å². The van der Waals surface area contributed by atoms with E-state index < -0.39 is 34.7 Å². The van der Waals surface area contributed by atoms with Crippen LogP contribution in [0.4, 0.5) is 5.69 Å². The smallest absolute Gasteiger partial charge is 0.290 e. The number of carbonyl (C=O) groups excluding carboxylic acids is 3. The Bertz CT molecular complexity index is 1220. The standard InChI is InChI=1S/C18H14N6O6/c25-14(9-19-16(26)10-4-3-5-11(8-10)24(29)30)20-23-18(28)15-12-6-1-2-7-13(12)17(27)22-21-15/h1-8H,9H2,(H,19,26)(H,20,25)(H,22,27)(H,23,28). The predicted octanol–water partition coefficient (Wildman–Crippen LogP) is 0.0223. The van der Waals surface area contributed by atoms with Gasteiger partial charge in [-0.15, -0.1) is 0 Å². The van der Waals surface area contributed by atoms with Crippen LogP contribution in [0.15, 0.2) is 53.3 Å². The van der Waals surface area contributed by atoms with Crippen molar-refractivity contribution in [2.45, 2.75) is 0 Å². The molecule has 0 atom stereocenters. The van der Waals surface area contributed by atoms with Crippen LogP contribution in [-0.4, -0.2) is 39.4 Å². The molecule has 0 saturated carbocycles. The summed E-state index contributed by atoms with van der Waals surface area (Å²) >= 11 is 0. The molecule has 0 unspecified atom stereocenters. The fourth-order valence-electron chi connectivity index (χ4n) is 2.54. The van der Waals surface area contributed by atoms with Crippen LogP contribution in [0, 0.1) is 10.1 Å². The Balaban J connectivity index is 1.57. The molecule has 1 aromatic heterocycles. The van der Waals surface area contributed by atoms with Gasteiger partial charge in [0.2, 0.25) is 0 Å². The van der Waals surface area contributed by atoms with Gasteiger partial charge in [-0.25, -0.2) is 5.10 Å². The number of hydrazine groups is 1. The number of rotatable bonds is 5. The molecule has 4 N–H and O–H groups in total. The normalized spacial score (nSPS) is 10.3. The minimum Gasteiger partial charge on any atom is -0.343 e. The first-order valence-electron chi connectivity index (χ1n) is 8.46. The Morgan fingerprint density at radius 2 is 1.73 bits per heavy atom. The number of benzene rings is 2. The summed E-state index contributed by atoms with van der Waals surface area (Å²) in [5, 5.41) is 19.5. The zero-order valence-corrected chi connectivity index (χ0v) is 15.2. The molecule has 0 bridgehead atoms. The molecule has 0 aliphatic heterocycles. The van der Waals surface area contributed by atoms with Crippen LogP contribution < -0.4 is 21.7 Å². The zero-order valence-electron chi connectivity index (χ0n) is 15.2. The molecule has 3 rings (SSSR count). The van der Waals surface area contributed by atoms with Crippen molar-refractivity contribution < 1.29 is 19.3 Å². The van der Waals surface area contributed by atoms with E-state index >= 15 is 0 Å². The number of aromatic nitrogens is 2. The number of hydrogen-bond acceptors (Lipinski definition) is 7. The molecule has 0 aliphatic rings. The Labute approximate surface area is 167 Å². The lowest BCUT2D eigenvalue weighted by Gasteiger charge is -2.09. The monoisotopic (exact) mass is 410 g/mol. The van der Waals surface area contributed by atoms with Gasteiger partial charge in [-0.3, -0.25) is 40.1 Å². The van der Waals surface area contributed by atoms with Gasteiger partial charge in [-0.2, -0.15) is 5.10 Å². The van der Waals surface area contributed by atoms with Gasteiger partial charge in [-0.1, -0.05) is 24.3 Å². The lowest BCUT2D eigenvalue weighted by atomic mass is 10.1. The van der Waals surface area contributed by atoms with Crippen LogP contribution in [0.25, 0.3) is 10.8 Å².